The average Bonchev–Trinajstić information content (AvgIpc) is 2.37. The van der Waals surface area contributed by atoms with Gasteiger partial charge in [-0.3, -0.25) is 4.98 Å². The van der Waals surface area contributed by atoms with E-state index in [0.717, 1.165) is 30.6 Å². The van der Waals surface area contributed by atoms with Crippen LogP contribution in [0.25, 0.3) is 0 Å². The zero-order valence-electron chi connectivity index (χ0n) is 13.3. The molecule has 21 heavy (non-hydrogen) atoms. The lowest BCUT2D eigenvalue weighted by Gasteiger charge is -2.34. The summed E-state index contributed by atoms with van der Waals surface area (Å²) >= 11 is 0. The molecule has 1 aliphatic heterocycles. The van der Waals surface area contributed by atoms with Gasteiger partial charge in [-0.15, -0.1) is 0 Å². The number of nitrogens with zero attached hydrogens (tertiary/aromatic N) is 2. The van der Waals surface area contributed by atoms with E-state index in [4.69, 9.17) is 4.74 Å². The summed E-state index contributed by atoms with van der Waals surface area (Å²) in [7, 11) is 0. The van der Waals surface area contributed by atoms with Gasteiger partial charge in [0.2, 0.25) is 0 Å². The molecule has 1 atom stereocenters. The molecule has 1 aromatic heterocycles. The van der Waals surface area contributed by atoms with Gasteiger partial charge in [-0.2, -0.15) is 0 Å². The van der Waals surface area contributed by atoms with Crippen molar-refractivity contribution in [2.75, 3.05) is 18.4 Å². The minimum Gasteiger partial charge on any atom is -0.444 e. The quantitative estimate of drug-likeness (QED) is 0.909. The molecule has 116 valence electrons. The summed E-state index contributed by atoms with van der Waals surface area (Å²) in [6.07, 6.45) is 5.46. The number of aromatic nitrogens is 1. The van der Waals surface area contributed by atoms with Crippen LogP contribution in [0.5, 0.6) is 0 Å². The van der Waals surface area contributed by atoms with Gasteiger partial charge in [-0.25, -0.2) is 4.79 Å². The lowest BCUT2D eigenvalue weighted by Crippen LogP contribution is -2.47. The van der Waals surface area contributed by atoms with Crippen LogP contribution in [0.2, 0.25) is 0 Å². The molecule has 1 aliphatic rings. The zero-order valence-corrected chi connectivity index (χ0v) is 13.3. The van der Waals surface area contributed by atoms with E-state index in [1.807, 2.05) is 40.1 Å². The van der Waals surface area contributed by atoms with Crippen molar-refractivity contribution in [3.05, 3.63) is 24.0 Å². The maximum absolute atomic E-state index is 12.1. The summed E-state index contributed by atoms with van der Waals surface area (Å²) in [5.41, 5.74) is 1.68. The molecule has 0 saturated carbocycles. The van der Waals surface area contributed by atoms with Crippen LogP contribution < -0.4 is 5.32 Å². The number of rotatable bonds is 2. The predicted octanol–water partition coefficient (Wildman–Crippen LogP) is 3.20. The number of likely N-dealkylation sites (tertiary alicyclic amines) is 1. The predicted molar refractivity (Wildman–Crippen MR) is 83.4 cm³/mol. The third-order valence-electron chi connectivity index (χ3n) is 3.32. The smallest absolute Gasteiger partial charge is 0.410 e. The van der Waals surface area contributed by atoms with Gasteiger partial charge in [0.25, 0.3) is 0 Å². The van der Waals surface area contributed by atoms with Crippen LogP contribution in [-0.2, 0) is 4.74 Å². The highest BCUT2D eigenvalue weighted by Gasteiger charge is 2.27. The summed E-state index contributed by atoms with van der Waals surface area (Å²) in [6.45, 7) is 9.13. The van der Waals surface area contributed by atoms with E-state index in [2.05, 4.69) is 16.4 Å². The topological polar surface area (TPSA) is 54.5 Å². The fourth-order valence-corrected chi connectivity index (χ4v) is 2.46. The number of aryl methyl sites for hydroxylation is 1. The van der Waals surface area contributed by atoms with E-state index in [0.29, 0.717) is 6.54 Å². The minimum atomic E-state index is -0.447. The number of anilines is 1. The van der Waals surface area contributed by atoms with Gasteiger partial charge in [-0.1, -0.05) is 0 Å². The summed E-state index contributed by atoms with van der Waals surface area (Å²) < 4.78 is 5.44. The highest BCUT2D eigenvalue weighted by atomic mass is 16.6. The monoisotopic (exact) mass is 291 g/mol. The van der Waals surface area contributed by atoms with Crippen molar-refractivity contribution in [3.63, 3.8) is 0 Å². The average molecular weight is 291 g/mol. The van der Waals surface area contributed by atoms with Crippen molar-refractivity contribution in [2.45, 2.75) is 52.2 Å². The van der Waals surface area contributed by atoms with Crippen LogP contribution >= 0.6 is 0 Å². The lowest BCUT2D eigenvalue weighted by molar-refractivity contribution is 0.0206. The second kappa shape index (κ2) is 6.33. The summed E-state index contributed by atoms with van der Waals surface area (Å²) in [4.78, 5) is 18.1. The van der Waals surface area contributed by atoms with Crippen molar-refractivity contribution in [1.82, 2.24) is 9.88 Å². The van der Waals surface area contributed by atoms with Gasteiger partial charge >= 0.3 is 6.09 Å². The number of pyridine rings is 1. The standard InChI is InChI=1S/C16H25N3O2/c1-12-8-14(10-17-9-12)18-13-6-5-7-19(11-13)15(20)21-16(2,3)4/h8-10,13,18H,5-7,11H2,1-4H3. The van der Waals surface area contributed by atoms with Crippen molar-refractivity contribution in [1.29, 1.82) is 0 Å². The van der Waals surface area contributed by atoms with E-state index in [-0.39, 0.29) is 12.1 Å². The normalized spacial score (nSPS) is 19.2. The van der Waals surface area contributed by atoms with Crippen LogP contribution in [0.15, 0.2) is 18.5 Å². The van der Waals surface area contributed by atoms with Gasteiger partial charge in [0, 0.05) is 31.5 Å². The first-order valence-electron chi connectivity index (χ1n) is 7.49. The van der Waals surface area contributed by atoms with Gasteiger partial charge in [0.15, 0.2) is 0 Å². The maximum atomic E-state index is 12.1. The van der Waals surface area contributed by atoms with Crippen LogP contribution in [0.3, 0.4) is 0 Å². The second-order valence-corrected chi connectivity index (χ2v) is 6.66. The number of piperidine rings is 1. The number of nitrogens with one attached hydrogen (secondary N) is 1. The molecule has 0 radical (unpaired) electrons. The fraction of sp³-hybridized carbons (Fsp3) is 0.625. The van der Waals surface area contributed by atoms with Crippen molar-refractivity contribution >= 4 is 11.8 Å². The first kappa shape index (κ1) is 15.6. The molecule has 0 aromatic carbocycles. The lowest BCUT2D eigenvalue weighted by atomic mass is 10.1. The number of amides is 1. The molecule has 2 heterocycles. The number of carbonyl (C=O) groups is 1. The molecule has 1 aromatic rings. The Morgan fingerprint density at radius 2 is 2.19 bits per heavy atom. The maximum Gasteiger partial charge on any atom is 0.410 e. The highest BCUT2D eigenvalue weighted by Crippen LogP contribution is 2.18. The molecule has 1 fully saturated rings. The molecule has 1 unspecified atom stereocenters. The Hall–Kier alpha value is -1.78. The number of hydrogen-bond acceptors (Lipinski definition) is 4. The molecule has 0 spiro atoms. The molecular formula is C16H25N3O2. The first-order chi connectivity index (χ1) is 9.83. The highest BCUT2D eigenvalue weighted by molar-refractivity contribution is 5.68. The molecular weight excluding hydrogens is 266 g/mol. The van der Waals surface area contributed by atoms with Crippen LogP contribution in [0.4, 0.5) is 10.5 Å². The van der Waals surface area contributed by atoms with Gasteiger partial charge in [-0.05, 0) is 52.2 Å². The molecule has 5 nitrogen and oxygen atoms in total. The van der Waals surface area contributed by atoms with E-state index < -0.39 is 5.60 Å². The molecule has 1 saturated heterocycles. The summed E-state index contributed by atoms with van der Waals surface area (Å²) in [5.74, 6) is 0. The van der Waals surface area contributed by atoms with E-state index in [1.165, 1.54) is 0 Å². The largest absolute Gasteiger partial charge is 0.444 e. The SMILES string of the molecule is Cc1cncc(NC2CCCN(C(=O)OC(C)(C)C)C2)c1. The third-order valence-corrected chi connectivity index (χ3v) is 3.32. The van der Waals surface area contributed by atoms with Crippen molar-refractivity contribution in [3.8, 4) is 0 Å². The van der Waals surface area contributed by atoms with Crippen LogP contribution in [-0.4, -0.2) is 40.7 Å². The zero-order chi connectivity index (χ0) is 15.5. The number of carbonyl (C=O) groups excluding carboxylic acids is 1. The Kier molecular flexibility index (Phi) is 4.70. The van der Waals surface area contributed by atoms with Crippen molar-refractivity contribution in [2.24, 2.45) is 0 Å². The first-order valence-corrected chi connectivity index (χ1v) is 7.49. The molecule has 2 rings (SSSR count). The van der Waals surface area contributed by atoms with Crippen LogP contribution in [0.1, 0.15) is 39.2 Å². The Morgan fingerprint density at radius 3 is 2.86 bits per heavy atom. The Balaban J connectivity index is 1.93. The molecule has 5 heteroatoms. The number of hydrogen-bond donors (Lipinski definition) is 1. The summed E-state index contributed by atoms with van der Waals surface area (Å²) in [6, 6.07) is 2.31. The molecule has 0 bridgehead atoms. The Bertz CT molecular complexity index is 497. The van der Waals surface area contributed by atoms with E-state index >= 15 is 0 Å². The van der Waals surface area contributed by atoms with E-state index in [9.17, 15) is 4.79 Å². The molecule has 1 N–H and O–H groups in total. The number of ether oxygens (including phenoxy) is 1. The fourth-order valence-electron chi connectivity index (χ4n) is 2.46. The summed E-state index contributed by atoms with van der Waals surface area (Å²) in [5, 5.41) is 3.46. The van der Waals surface area contributed by atoms with Gasteiger partial charge < -0.3 is 15.0 Å². The Labute approximate surface area is 126 Å². The third kappa shape index (κ3) is 4.92. The second-order valence-electron chi connectivity index (χ2n) is 6.66. The van der Waals surface area contributed by atoms with Crippen molar-refractivity contribution < 1.29 is 9.53 Å². The van der Waals surface area contributed by atoms with E-state index in [1.54, 1.807) is 4.90 Å². The van der Waals surface area contributed by atoms with Gasteiger partial charge in [0.1, 0.15) is 5.60 Å². The molecule has 0 aliphatic carbocycles. The Morgan fingerprint density at radius 1 is 1.43 bits per heavy atom. The molecule has 1 amide bonds. The van der Waals surface area contributed by atoms with Gasteiger partial charge in [0.05, 0.1) is 5.69 Å². The van der Waals surface area contributed by atoms with Crippen LogP contribution in [0, 0.1) is 6.92 Å². The minimum absolute atomic E-state index is 0.226.